The van der Waals surface area contributed by atoms with Gasteiger partial charge in [0.15, 0.2) is 18.1 Å². The second-order valence-corrected chi connectivity index (χ2v) is 5.72. The summed E-state index contributed by atoms with van der Waals surface area (Å²) < 4.78 is 12.4. The fourth-order valence-electron chi connectivity index (χ4n) is 2.72. The fourth-order valence-corrected chi connectivity index (χ4v) is 2.72. The monoisotopic (exact) mass is 353 g/mol. The molecule has 0 atom stereocenters. The van der Waals surface area contributed by atoms with Crippen molar-refractivity contribution in [2.24, 2.45) is 12.8 Å². The van der Waals surface area contributed by atoms with Crippen molar-refractivity contribution in [1.29, 1.82) is 0 Å². The number of anilines is 1. The number of ether oxygens (including phenoxy) is 2. The van der Waals surface area contributed by atoms with E-state index in [0.29, 0.717) is 22.9 Å². The number of para-hydroxylation sites is 1. The zero-order chi connectivity index (χ0) is 18.7. The van der Waals surface area contributed by atoms with Gasteiger partial charge in [0.2, 0.25) is 0 Å². The van der Waals surface area contributed by atoms with Gasteiger partial charge >= 0.3 is 0 Å². The molecule has 2 aromatic carbocycles. The van der Waals surface area contributed by atoms with E-state index in [1.807, 2.05) is 41.9 Å². The van der Waals surface area contributed by atoms with E-state index in [1.54, 1.807) is 18.2 Å². The van der Waals surface area contributed by atoms with Crippen LogP contribution in [-0.4, -0.2) is 30.1 Å². The quantitative estimate of drug-likeness (QED) is 0.711. The molecule has 0 radical (unpaired) electrons. The van der Waals surface area contributed by atoms with Gasteiger partial charge in [-0.05, 0) is 24.3 Å². The van der Waals surface area contributed by atoms with Crippen molar-refractivity contribution in [3.8, 4) is 11.5 Å². The topological polar surface area (TPSA) is 95.6 Å². The molecular formula is C19H19N3O4. The zero-order valence-corrected chi connectivity index (χ0v) is 14.5. The smallest absolute Gasteiger partial charge is 0.272 e. The van der Waals surface area contributed by atoms with Crippen LogP contribution in [0.15, 0.2) is 48.5 Å². The lowest BCUT2D eigenvalue weighted by molar-refractivity contribution is -0.119. The van der Waals surface area contributed by atoms with E-state index < -0.39 is 5.91 Å². The highest BCUT2D eigenvalue weighted by Gasteiger charge is 2.15. The predicted molar refractivity (Wildman–Crippen MR) is 98.6 cm³/mol. The molecule has 0 saturated heterocycles. The van der Waals surface area contributed by atoms with Gasteiger partial charge in [0.05, 0.1) is 7.11 Å². The number of nitrogens with two attached hydrogens (primary N) is 1. The van der Waals surface area contributed by atoms with Crippen LogP contribution >= 0.6 is 0 Å². The minimum absolute atomic E-state index is 0.255. The number of carbonyl (C=O) groups is 2. The van der Waals surface area contributed by atoms with Gasteiger partial charge in [-0.2, -0.15) is 0 Å². The van der Waals surface area contributed by atoms with Crippen molar-refractivity contribution in [2.75, 3.05) is 19.0 Å². The number of hydrogen-bond acceptors (Lipinski definition) is 4. The third-order valence-corrected chi connectivity index (χ3v) is 3.98. The highest BCUT2D eigenvalue weighted by atomic mass is 16.5. The highest BCUT2D eigenvalue weighted by molar-refractivity contribution is 6.06. The lowest BCUT2D eigenvalue weighted by atomic mass is 10.2. The molecule has 0 unspecified atom stereocenters. The molecule has 0 bridgehead atoms. The molecule has 0 aliphatic rings. The summed E-state index contributed by atoms with van der Waals surface area (Å²) in [4.78, 5) is 23.6. The number of carbonyl (C=O) groups excluding carboxylic acids is 2. The number of primary amides is 1. The Bertz CT molecular complexity index is 978. The summed E-state index contributed by atoms with van der Waals surface area (Å²) in [6, 6.07) is 14.5. The van der Waals surface area contributed by atoms with Crippen LogP contribution in [0.1, 0.15) is 10.5 Å². The molecule has 0 aliphatic heterocycles. The van der Waals surface area contributed by atoms with E-state index in [1.165, 1.54) is 7.11 Å². The van der Waals surface area contributed by atoms with Crippen molar-refractivity contribution in [1.82, 2.24) is 4.57 Å². The van der Waals surface area contributed by atoms with Gasteiger partial charge in [0.1, 0.15) is 5.69 Å². The van der Waals surface area contributed by atoms with Gasteiger partial charge in [0, 0.05) is 29.7 Å². The van der Waals surface area contributed by atoms with Crippen LogP contribution in [0.4, 0.5) is 5.69 Å². The third kappa shape index (κ3) is 3.46. The summed E-state index contributed by atoms with van der Waals surface area (Å²) in [5, 5.41) is 3.81. The van der Waals surface area contributed by atoms with Crippen molar-refractivity contribution in [2.45, 2.75) is 0 Å². The summed E-state index contributed by atoms with van der Waals surface area (Å²) in [5.74, 6) is -0.0956. The molecule has 3 rings (SSSR count). The summed E-state index contributed by atoms with van der Waals surface area (Å²) in [6.45, 7) is -0.281. The summed E-state index contributed by atoms with van der Waals surface area (Å²) in [5.41, 5.74) is 7.12. The lowest BCUT2D eigenvalue weighted by Gasteiger charge is -2.12. The molecule has 26 heavy (non-hydrogen) atoms. The molecule has 1 aromatic heterocycles. The maximum absolute atomic E-state index is 12.7. The number of amides is 2. The van der Waals surface area contributed by atoms with E-state index in [9.17, 15) is 9.59 Å². The van der Waals surface area contributed by atoms with Crippen LogP contribution in [0.2, 0.25) is 0 Å². The van der Waals surface area contributed by atoms with E-state index in [2.05, 4.69) is 5.32 Å². The van der Waals surface area contributed by atoms with Crippen molar-refractivity contribution < 1.29 is 19.1 Å². The molecule has 1 heterocycles. The van der Waals surface area contributed by atoms with Crippen LogP contribution < -0.4 is 20.5 Å². The van der Waals surface area contributed by atoms with Gasteiger partial charge in [-0.15, -0.1) is 0 Å². The van der Waals surface area contributed by atoms with E-state index >= 15 is 0 Å². The average Bonchev–Trinajstić information content (AvgIpc) is 2.97. The molecule has 2 amide bonds. The van der Waals surface area contributed by atoms with E-state index in [-0.39, 0.29) is 12.5 Å². The maximum Gasteiger partial charge on any atom is 0.272 e. The second kappa shape index (κ2) is 7.18. The lowest BCUT2D eigenvalue weighted by Crippen LogP contribution is -2.20. The predicted octanol–water partition coefficient (Wildman–Crippen LogP) is 2.30. The molecule has 7 heteroatoms. The Morgan fingerprint density at radius 3 is 2.58 bits per heavy atom. The number of aryl methyl sites for hydroxylation is 1. The van der Waals surface area contributed by atoms with Crippen molar-refractivity contribution in [3.63, 3.8) is 0 Å². The highest BCUT2D eigenvalue weighted by Crippen LogP contribution is 2.30. The standard InChI is InChI=1S/C19H19N3O4/c1-22-14-6-4-3-5-12(14)9-15(22)19(24)21-13-7-8-16(25-2)17(10-13)26-11-18(20)23/h3-10H,11H2,1-2H3,(H2,20,23)(H,21,24). The van der Waals surface area contributed by atoms with Crippen LogP contribution in [0.25, 0.3) is 10.9 Å². The van der Waals surface area contributed by atoms with Crippen LogP contribution in [0.5, 0.6) is 11.5 Å². The summed E-state index contributed by atoms with van der Waals surface area (Å²) in [6.07, 6.45) is 0. The van der Waals surface area contributed by atoms with Crippen LogP contribution in [0, 0.1) is 0 Å². The molecule has 3 N–H and O–H groups in total. The Balaban J connectivity index is 1.85. The normalized spacial score (nSPS) is 10.5. The van der Waals surface area contributed by atoms with Gasteiger partial charge in [-0.1, -0.05) is 18.2 Å². The molecule has 0 fully saturated rings. The first kappa shape index (κ1) is 17.3. The Labute approximate surface area is 150 Å². The molecular weight excluding hydrogens is 334 g/mol. The van der Waals surface area contributed by atoms with Gasteiger partial charge in [-0.25, -0.2) is 0 Å². The van der Waals surface area contributed by atoms with Gasteiger partial charge in [-0.3, -0.25) is 9.59 Å². The largest absolute Gasteiger partial charge is 0.493 e. The van der Waals surface area contributed by atoms with Gasteiger partial charge < -0.3 is 25.1 Å². The number of fused-ring (bicyclic) bond motifs is 1. The molecule has 0 spiro atoms. The van der Waals surface area contributed by atoms with E-state index in [4.69, 9.17) is 15.2 Å². The number of methoxy groups -OCH3 is 1. The zero-order valence-electron chi connectivity index (χ0n) is 14.5. The number of nitrogens with zero attached hydrogens (tertiary/aromatic N) is 1. The Hall–Kier alpha value is -3.48. The number of aromatic nitrogens is 1. The fraction of sp³-hybridized carbons (Fsp3) is 0.158. The molecule has 0 aliphatic carbocycles. The molecule has 134 valence electrons. The maximum atomic E-state index is 12.7. The number of nitrogens with one attached hydrogen (secondary N) is 1. The molecule has 7 nitrogen and oxygen atoms in total. The van der Waals surface area contributed by atoms with E-state index in [0.717, 1.165) is 10.9 Å². The SMILES string of the molecule is COc1ccc(NC(=O)c2cc3ccccc3n2C)cc1OCC(N)=O. The number of hydrogen-bond donors (Lipinski definition) is 2. The molecule has 3 aromatic rings. The van der Waals surface area contributed by atoms with Crippen LogP contribution in [0.3, 0.4) is 0 Å². The first-order valence-electron chi connectivity index (χ1n) is 7.94. The number of rotatable bonds is 6. The minimum atomic E-state index is -0.600. The first-order chi connectivity index (χ1) is 12.5. The minimum Gasteiger partial charge on any atom is -0.493 e. The van der Waals surface area contributed by atoms with Crippen LogP contribution in [-0.2, 0) is 11.8 Å². The summed E-state index contributed by atoms with van der Waals surface area (Å²) >= 11 is 0. The second-order valence-electron chi connectivity index (χ2n) is 5.72. The number of benzene rings is 2. The third-order valence-electron chi connectivity index (χ3n) is 3.98. The Morgan fingerprint density at radius 1 is 1.12 bits per heavy atom. The Kier molecular flexibility index (Phi) is 4.79. The summed E-state index contributed by atoms with van der Waals surface area (Å²) in [7, 11) is 3.33. The first-order valence-corrected chi connectivity index (χ1v) is 7.94. The van der Waals surface area contributed by atoms with Crippen molar-refractivity contribution >= 4 is 28.4 Å². The van der Waals surface area contributed by atoms with Gasteiger partial charge in [0.25, 0.3) is 11.8 Å². The average molecular weight is 353 g/mol. The van der Waals surface area contributed by atoms with Crippen molar-refractivity contribution in [3.05, 3.63) is 54.2 Å². The Morgan fingerprint density at radius 2 is 1.88 bits per heavy atom. The molecule has 0 saturated carbocycles.